The molecule has 0 bridgehead atoms. The van der Waals surface area contributed by atoms with Gasteiger partial charge in [0, 0.05) is 6.04 Å². The Balaban J connectivity index is 0. The first-order valence-corrected chi connectivity index (χ1v) is 4.71. The third-order valence-electron chi connectivity index (χ3n) is 1.40. The lowest BCUT2D eigenvalue weighted by Crippen LogP contribution is -2.17. The second-order valence-corrected chi connectivity index (χ2v) is 3.14. The van der Waals surface area contributed by atoms with Crippen LogP contribution < -0.4 is 5.73 Å². The van der Waals surface area contributed by atoms with Gasteiger partial charge in [0.15, 0.2) is 0 Å². The van der Waals surface area contributed by atoms with Gasteiger partial charge in [0.2, 0.25) is 0 Å². The van der Waals surface area contributed by atoms with Crippen LogP contribution in [0.4, 0.5) is 0 Å². The molecule has 0 heterocycles. The van der Waals surface area contributed by atoms with Crippen molar-refractivity contribution in [3.63, 3.8) is 0 Å². The Labute approximate surface area is 103 Å². The molecule has 0 radical (unpaired) electrons. The second kappa shape index (κ2) is 11.1. The molecular formula is C9H15N3O6. The Morgan fingerprint density at radius 3 is 1.78 bits per heavy atom. The topological polar surface area (TPSA) is 153 Å². The minimum Gasteiger partial charge on any atom is -0.328 e. The van der Waals surface area contributed by atoms with Gasteiger partial charge in [-0.15, -0.1) is 20.2 Å². The van der Waals surface area contributed by atoms with E-state index in [4.69, 9.17) is 36.4 Å². The van der Waals surface area contributed by atoms with Crippen LogP contribution >= 0.6 is 0 Å². The molecule has 9 nitrogen and oxygen atoms in total. The maximum atomic E-state index is 8.36. The molecular weight excluding hydrogens is 246 g/mol. The average Bonchev–Trinajstić information content (AvgIpc) is 2.16. The molecule has 0 spiro atoms. The molecule has 0 aromatic heterocycles. The predicted octanol–water partition coefficient (Wildman–Crippen LogP) is 0.881. The second-order valence-electron chi connectivity index (χ2n) is 3.14. The summed E-state index contributed by atoms with van der Waals surface area (Å²) in [5, 5.41) is 27.3. The number of nitrogens with two attached hydrogens (primary N) is 1. The highest BCUT2D eigenvalue weighted by Gasteiger charge is 1.94. The lowest BCUT2D eigenvalue weighted by molar-refractivity contribution is -0.742. The van der Waals surface area contributed by atoms with Gasteiger partial charge in [-0.25, -0.2) is 0 Å². The van der Waals surface area contributed by atoms with Crippen molar-refractivity contribution in [1.82, 2.24) is 0 Å². The molecule has 9 heteroatoms. The standard InChI is InChI=1S/C9H13N.2HNO3/c1-8(10)7-9-5-3-2-4-6-9;2*2-1(3)4/h2-6,8H,7,10H2,1H3;2*(H,2,3,4). The highest BCUT2D eigenvalue weighted by molar-refractivity contribution is 5.15. The van der Waals surface area contributed by atoms with E-state index in [1.807, 2.05) is 25.1 Å². The molecule has 0 fully saturated rings. The lowest BCUT2D eigenvalue weighted by Gasteiger charge is -2.02. The smallest absolute Gasteiger partial charge is 0.291 e. The summed E-state index contributed by atoms with van der Waals surface area (Å²) in [4.78, 5) is 16.7. The van der Waals surface area contributed by atoms with Crippen molar-refractivity contribution in [3.8, 4) is 0 Å². The van der Waals surface area contributed by atoms with Crippen LogP contribution in [0.2, 0.25) is 0 Å². The Hall–Kier alpha value is -2.42. The van der Waals surface area contributed by atoms with Gasteiger partial charge in [0.1, 0.15) is 0 Å². The first kappa shape index (κ1) is 18.0. The molecule has 1 aromatic rings. The summed E-state index contributed by atoms with van der Waals surface area (Å²) in [6, 6.07) is 10.6. The molecule has 0 aliphatic rings. The fraction of sp³-hybridized carbons (Fsp3) is 0.333. The zero-order valence-electron chi connectivity index (χ0n) is 9.67. The Morgan fingerprint density at radius 1 is 1.17 bits per heavy atom. The van der Waals surface area contributed by atoms with E-state index in [1.165, 1.54) is 5.56 Å². The molecule has 1 aromatic carbocycles. The van der Waals surface area contributed by atoms with E-state index in [1.54, 1.807) is 0 Å². The van der Waals surface area contributed by atoms with Crippen molar-refractivity contribution < 1.29 is 20.6 Å². The average molecular weight is 261 g/mol. The third kappa shape index (κ3) is 23.4. The van der Waals surface area contributed by atoms with Crippen molar-refractivity contribution in [1.29, 1.82) is 0 Å². The lowest BCUT2D eigenvalue weighted by atomic mass is 10.1. The molecule has 4 N–H and O–H groups in total. The van der Waals surface area contributed by atoms with Crippen LogP contribution in [-0.4, -0.2) is 26.6 Å². The number of hydrogen-bond acceptors (Lipinski definition) is 5. The number of benzene rings is 1. The third-order valence-corrected chi connectivity index (χ3v) is 1.40. The maximum absolute atomic E-state index is 8.36. The Bertz CT molecular complexity index is 323. The fourth-order valence-electron chi connectivity index (χ4n) is 0.986. The summed E-state index contributed by atoms with van der Waals surface area (Å²) in [6.45, 7) is 2.02. The van der Waals surface area contributed by atoms with Gasteiger partial charge < -0.3 is 16.1 Å². The quantitative estimate of drug-likeness (QED) is 0.527. The SMILES string of the molecule is CC(N)Cc1ccccc1.O=[N+]([O-])O.O=[N+]([O-])O. The van der Waals surface area contributed by atoms with E-state index in [-0.39, 0.29) is 6.04 Å². The van der Waals surface area contributed by atoms with E-state index < -0.39 is 10.2 Å². The highest BCUT2D eigenvalue weighted by Crippen LogP contribution is 2.00. The molecule has 1 rings (SSSR count). The van der Waals surface area contributed by atoms with Crippen molar-refractivity contribution >= 4 is 0 Å². The number of rotatable bonds is 2. The van der Waals surface area contributed by atoms with Crippen LogP contribution in [0.5, 0.6) is 0 Å². The zero-order chi connectivity index (χ0) is 14.6. The molecule has 0 aliphatic carbocycles. The molecule has 0 amide bonds. The van der Waals surface area contributed by atoms with Crippen molar-refractivity contribution in [2.45, 2.75) is 19.4 Å². The first-order valence-electron chi connectivity index (χ1n) is 4.71. The Kier molecular flexibility index (Phi) is 11.1. The molecule has 1 atom stereocenters. The van der Waals surface area contributed by atoms with Gasteiger partial charge in [-0.1, -0.05) is 30.3 Å². The molecule has 0 saturated heterocycles. The van der Waals surface area contributed by atoms with Crippen LogP contribution in [0.3, 0.4) is 0 Å². The largest absolute Gasteiger partial charge is 0.328 e. The van der Waals surface area contributed by atoms with Crippen LogP contribution in [0.25, 0.3) is 0 Å². The normalized spacial score (nSPS) is 9.89. The summed E-state index contributed by atoms with van der Waals surface area (Å²) in [7, 11) is 0. The van der Waals surface area contributed by atoms with Crippen LogP contribution in [0.15, 0.2) is 30.3 Å². The summed E-state index contributed by atoms with van der Waals surface area (Å²) in [5.41, 5.74) is 6.94. The highest BCUT2D eigenvalue weighted by atomic mass is 16.9. The Morgan fingerprint density at radius 2 is 1.50 bits per heavy atom. The van der Waals surface area contributed by atoms with E-state index in [0.29, 0.717) is 0 Å². The van der Waals surface area contributed by atoms with Crippen molar-refractivity contribution in [2.24, 2.45) is 5.73 Å². The maximum Gasteiger partial charge on any atom is 0.291 e. The van der Waals surface area contributed by atoms with Crippen molar-refractivity contribution in [2.75, 3.05) is 0 Å². The van der Waals surface area contributed by atoms with Crippen molar-refractivity contribution in [3.05, 3.63) is 56.1 Å². The molecule has 1 unspecified atom stereocenters. The van der Waals surface area contributed by atoms with Gasteiger partial charge in [-0.05, 0) is 18.9 Å². The summed E-state index contributed by atoms with van der Waals surface area (Å²) >= 11 is 0. The molecule has 0 aliphatic heterocycles. The zero-order valence-corrected chi connectivity index (χ0v) is 9.67. The van der Waals surface area contributed by atoms with E-state index in [2.05, 4.69) is 12.1 Å². The fourth-order valence-corrected chi connectivity index (χ4v) is 0.986. The van der Waals surface area contributed by atoms with Crippen LogP contribution in [-0.2, 0) is 6.42 Å². The number of hydrogen-bond donors (Lipinski definition) is 3. The van der Waals surface area contributed by atoms with E-state index >= 15 is 0 Å². The van der Waals surface area contributed by atoms with Crippen LogP contribution in [0, 0.1) is 20.2 Å². The van der Waals surface area contributed by atoms with Gasteiger partial charge >= 0.3 is 0 Å². The first-order chi connectivity index (χ1) is 8.25. The summed E-state index contributed by atoms with van der Waals surface area (Å²) < 4.78 is 0. The van der Waals surface area contributed by atoms with Gasteiger partial charge in [-0.3, -0.25) is 0 Å². The van der Waals surface area contributed by atoms with E-state index in [9.17, 15) is 0 Å². The van der Waals surface area contributed by atoms with Crippen LogP contribution in [0.1, 0.15) is 12.5 Å². The molecule has 0 saturated carbocycles. The van der Waals surface area contributed by atoms with Gasteiger partial charge in [0.05, 0.1) is 0 Å². The molecule has 18 heavy (non-hydrogen) atoms. The summed E-state index contributed by atoms with van der Waals surface area (Å²) in [5.74, 6) is 0. The van der Waals surface area contributed by atoms with Gasteiger partial charge in [0.25, 0.3) is 10.2 Å². The van der Waals surface area contributed by atoms with Gasteiger partial charge in [-0.2, -0.15) is 0 Å². The predicted molar refractivity (Wildman–Crippen MR) is 61.4 cm³/mol. The molecule has 102 valence electrons. The minimum absolute atomic E-state index is 0.266. The van der Waals surface area contributed by atoms with E-state index in [0.717, 1.165) is 6.42 Å². The monoisotopic (exact) mass is 261 g/mol. The summed E-state index contributed by atoms with van der Waals surface area (Å²) in [6.07, 6.45) is 0.973. The minimum atomic E-state index is -1.50. The number of nitrogens with zero attached hydrogens (tertiary/aromatic N) is 2.